The Morgan fingerprint density at radius 2 is 1.55 bits per heavy atom. The summed E-state index contributed by atoms with van der Waals surface area (Å²) in [7, 11) is 0. The lowest BCUT2D eigenvalue weighted by molar-refractivity contribution is -0.338. The summed E-state index contributed by atoms with van der Waals surface area (Å²) in [5, 5.41) is 9.15. The van der Waals surface area contributed by atoms with E-state index in [9.17, 15) is 4.79 Å². The van der Waals surface area contributed by atoms with Crippen molar-refractivity contribution in [2.45, 2.75) is 27.7 Å². The van der Waals surface area contributed by atoms with Crippen molar-refractivity contribution in [3.05, 3.63) is 54.1 Å². The van der Waals surface area contributed by atoms with Crippen LogP contribution in [0.2, 0.25) is 0 Å². The van der Waals surface area contributed by atoms with Crippen molar-refractivity contribution in [1.82, 2.24) is 0 Å². The zero-order valence-electron chi connectivity index (χ0n) is 13.4. The maximum Gasteiger partial charge on any atom is 0.380 e. The van der Waals surface area contributed by atoms with Crippen LogP contribution < -0.4 is 4.98 Å². The van der Waals surface area contributed by atoms with Gasteiger partial charge in [-0.05, 0) is 18.2 Å². The quantitative estimate of drug-likeness (QED) is 0.748. The van der Waals surface area contributed by atoms with Gasteiger partial charge in [-0.2, -0.15) is 4.98 Å². The standard InChI is InChI=1S/C14H9NO3.2C2H6/c16-14(17)10-6-2-1-5-9(10)13-15-11-7-3-4-8-12(11)18-13;2*1-2/h1-8H,(H,16,17);2*1-2H3/p+1. The molecule has 0 fully saturated rings. The average molecular weight is 300 g/mol. The van der Waals surface area contributed by atoms with E-state index in [4.69, 9.17) is 9.52 Å². The number of rotatable bonds is 2. The number of aromatic nitrogens is 1. The number of benzene rings is 2. The van der Waals surface area contributed by atoms with E-state index in [-0.39, 0.29) is 5.56 Å². The van der Waals surface area contributed by atoms with Crippen molar-refractivity contribution in [3.8, 4) is 11.5 Å². The van der Waals surface area contributed by atoms with Gasteiger partial charge in [-0.15, -0.1) is 0 Å². The second kappa shape index (κ2) is 8.62. The van der Waals surface area contributed by atoms with Crippen LogP contribution in [0.15, 0.2) is 52.9 Å². The summed E-state index contributed by atoms with van der Waals surface area (Å²) >= 11 is 0. The Bertz CT molecular complexity index is 699. The molecule has 0 bridgehead atoms. The number of H-pyrrole nitrogens is 1. The lowest BCUT2D eigenvalue weighted by Gasteiger charge is -1.97. The number of oxazole rings is 1. The van der Waals surface area contributed by atoms with Crippen LogP contribution in [0.1, 0.15) is 38.1 Å². The van der Waals surface area contributed by atoms with Gasteiger partial charge in [0, 0.05) is 6.07 Å². The molecule has 4 heteroatoms. The molecular weight excluding hydrogens is 278 g/mol. The molecule has 0 spiro atoms. The van der Waals surface area contributed by atoms with Crippen LogP contribution in [0.4, 0.5) is 0 Å². The molecule has 1 heterocycles. The third-order valence-corrected chi connectivity index (χ3v) is 2.75. The van der Waals surface area contributed by atoms with Crippen LogP contribution in [0, 0.1) is 0 Å². The summed E-state index contributed by atoms with van der Waals surface area (Å²) < 4.78 is 5.63. The topological polar surface area (TPSA) is 64.6 Å². The van der Waals surface area contributed by atoms with E-state index in [1.165, 1.54) is 0 Å². The van der Waals surface area contributed by atoms with E-state index in [0.717, 1.165) is 5.52 Å². The largest absolute Gasteiger partial charge is 0.478 e. The number of hydrogen-bond donors (Lipinski definition) is 1. The number of fused-ring (bicyclic) bond motifs is 1. The summed E-state index contributed by atoms with van der Waals surface area (Å²) in [6.07, 6.45) is 0. The monoisotopic (exact) mass is 300 g/mol. The summed E-state index contributed by atoms with van der Waals surface area (Å²) in [6.45, 7) is 8.00. The first kappa shape index (κ1) is 17.4. The molecule has 0 unspecified atom stereocenters. The lowest BCUT2D eigenvalue weighted by Crippen LogP contribution is -2.06. The molecule has 3 aromatic rings. The Hall–Kier alpha value is -2.62. The van der Waals surface area contributed by atoms with Gasteiger partial charge < -0.3 is 9.52 Å². The van der Waals surface area contributed by atoms with Crippen molar-refractivity contribution in [3.63, 3.8) is 0 Å². The highest BCUT2D eigenvalue weighted by Crippen LogP contribution is 2.23. The highest BCUT2D eigenvalue weighted by molar-refractivity contribution is 5.94. The van der Waals surface area contributed by atoms with Gasteiger partial charge in [0.1, 0.15) is 5.56 Å². The number of carbonyl (C=O) groups is 1. The van der Waals surface area contributed by atoms with Crippen molar-refractivity contribution in [2.75, 3.05) is 0 Å². The predicted octanol–water partition coefficient (Wildman–Crippen LogP) is 4.66. The molecule has 1 aromatic heterocycles. The Balaban J connectivity index is 0.000000561. The van der Waals surface area contributed by atoms with Crippen LogP contribution in [0.5, 0.6) is 0 Å². The molecular formula is C18H22NO3+. The summed E-state index contributed by atoms with van der Waals surface area (Å²) in [6, 6.07) is 14.2. The van der Waals surface area contributed by atoms with Gasteiger partial charge in [0.25, 0.3) is 0 Å². The molecule has 0 saturated carbocycles. The second-order valence-corrected chi connectivity index (χ2v) is 3.90. The van der Waals surface area contributed by atoms with Crippen LogP contribution in [-0.4, -0.2) is 11.1 Å². The minimum Gasteiger partial charge on any atom is -0.478 e. The third kappa shape index (κ3) is 3.73. The Morgan fingerprint density at radius 1 is 0.955 bits per heavy atom. The molecule has 4 nitrogen and oxygen atoms in total. The van der Waals surface area contributed by atoms with E-state index in [1.807, 2.05) is 52.0 Å². The first-order valence-electron chi connectivity index (χ1n) is 7.49. The number of aromatic amines is 1. The molecule has 0 saturated heterocycles. The van der Waals surface area contributed by atoms with Gasteiger partial charge in [-0.25, -0.2) is 4.79 Å². The minimum absolute atomic E-state index is 0.216. The number of aromatic carboxylic acids is 1. The van der Waals surface area contributed by atoms with Gasteiger partial charge in [-0.1, -0.05) is 52.0 Å². The molecule has 0 radical (unpaired) electrons. The Labute approximate surface area is 130 Å². The summed E-state index contributed by atoms with van der Waals surface area (Å²) in [5.41, 5.74) is 2.30. The number of para-hydroxylation sites is 2. The average Bonchev–Trinajstić information content (AvgIpc) is 3.02. The molecule has 2 aromatic carbocycles. The number of nitrogens with one attached hydrogen (secondary N) is 1. The first-order chi connectivity index (χ1) is 10.8. The molecule has 0 aliphatic rings. The smallest absolute Gasteiger partial charge is 0.380 e. The number of carboxylic acids is 1. The predicted molar refractivity (Wildman–Crippen MR) is 87.9 cm³/mol. The summed E-state index contributed by atoms with van der Waals surface area (Å²) in [4.78, 5) is 14.2. The number of hydrogen-bond acceptors (Lipinski definition) is 2. The Morgan fingerprint density at radius 3 is 2.18 bits per heavy atom. The summed E-state index contributed by atoms with van der Waals surface area (Å²) in [5.74, 6) is -0.520. The molecule has 0 aliphatic carbocycles. The normalized spacial score (nSPS) is 9.27. The van der Waals surface area contributed by atoms with E-state index < -0.39 is 5.97 Å². The molecule has 3 rings (SSSR count). The highest BCUT2D eigenvalue weighted by atomic mass is 16.4. The molecule has 0 atom stereocenters. The zero-order chi connectivity index (χ0) is 16.5. The van der Waals surface area contributed by atoms with E-state index in [0.29, 0.717) is 17.0 Å². The SMILES string of the molecule is CC.CC.O=C(O)c1ccccc1-c1[nH+]c2ccccc2o1. The molecule has 0 aliphatic heterocycles. The molecule has 22 heavy (non-hydrogen) atoms. The van der Waals surface area contributed by atoms with Gasteiger partial charge in [-0.3, -0.25) is 0 Å². The van der Waals surface area contributed by atoms with Crippen molar-refractivity contribution in [2.24, 2.45) is 0 Å². The van der Waals surface area contributed by atoms with E-state index >= 15 is 0 Å². The van der Waals surface area contributed by atoms with Gasteiger partial charge >= 0.3 is 11.9 Å². The van der Waals surface area contributed by atoms with E-state index in [2.05, 4.69) is 4.98 Å². The molecule has 0 amide bonds. The fraction of sp³-hybridized carbons (Fsp3) is 0.222. The van der Waals surface area contributed by atoms with Crippen LogP contribution >= 0.6 is 0 Å². The van der Waals surface area contributed by atoms with Gasteiger partial charge in [0.15, 0.2) is 0 Å². The molecule has 2 N–H and O–H groups in total. The van der Waals surface area contributed by atoms with Crippen LogP contribution in [0.25, 0.3) is 22.6 Å². The zero-order valence-corrected chi connectivity index (χ0v) is 13.4. The van der Waals surface area contributed by atoms with Crippen molar-refractivity contribution >= 4 is 17.1 Å². The first-order valence-corrected chi connectivity index (χ1v) is 7.49. The Kier molecular flexibility index (Phi) is 6.83. The third-order valence-electron chi connectivity index (χ3n) is 2.75. The van der Waals surface area contributed by atoms with Crippen molar-refractivity contribution in [1.29, 1.82) is 0 Å². The maximum absolute atomic E-state index is 11.2. The fourth-order valence-electron chi connectivity index (χ4n) is 1.91. The fourth-order valence-corrected chi connectivity index (χ4v) is 1.91. The second-order valence-electron chi connectivity index (χ2n) is 3.90. The van der Waals surface area contributed by atoms with Crippen molar-refractivity contribution < 1.29 is 19.3 Å². The van der Waals surface area contributed by atoms with Crippen LogP contribution in [0.3, 0.4) is 0 Å². The van der Waals surface area contributed by atoms with Gasteiger partial charge in [0.05, 0.1) is 5.56 Å². The molecule has 116 valence electrons. The lowest BCUT2D eigenvalue weighted by atomic mass is 10.1. The maximum atomic E-state index is 11.2. The number of carboxylic acid groups (broad SMARTS) is 1. The highest BCUT2D eigenvalue weighted by Gasteiger charge is 2.20. The van der Waals surface area contributed by atoms with Gasteiger partial charge in [0.2, 0.25) is 11.1 Å². The van der Waals surface area contributed by atoms with Crippen LogP contribution in [-0.2, 0) is 0 Å². The van der Waals surface area contributed by atoms with E-state index in [1.54, 1.807) is 24.3 Å². The minimum atomic E-state index is -0.973.